The summed E-state index contributed by atoms with van der Waals surface area (Å²) >= 11 is 1.70. The first-order valence-electron chi connectivity index (χ1n) is 7.87. The molecule has 0 unspecified atom stereocenters. The zero-order chi connectivity index (χ0) is 16.3. The van der Waals surface area contributed by atoms with Crippen LogP contribution in [-0.4, -0.2) is 21.6 Å². The lowest BCUT2D eigenvalue weighted by atomic mass is 10.1. The van der Waals surface area contributed by atoms with E-state index in [-0.39, 0.29) is 0 Å². The lowest BCUT2D eigenvalue weighted by Crippen LogP contribution is -2.14. The fourth-order valence-electron chi connectivity index (χ4n) is 3.48. The van der Waals surface area contributed by atoms with Crippen LogP contribution in [0.25, 0.3) is 32.0 Å². The highest BCUT2D eigenvalue weighted by Gasteiger charge is 2.26. The van der Waals surface area contributed by atoms with Gasteiger partial charge in [0.15, 0.2) is 5.82 Å². The highest BCUT2D eigenvalue weighted by atomic mass is 32.1. The van der Waals surface area contributed by atoms with Gasteiger partial charge in [0.2, 0.25) is 0 Å². The van der Waals surface area contributed by atoms with Crippen molar-refractivity contribution in [3.8, 4) is 10.7 Å². The molecule has 5 rings (SSSR count). The fourth-order valence-corrected chi connectivity index (χ4v) is 4.72. The van der Waals surface area contributed by atoms with Crippen molar-refractivity contribution < 1.29 is 4.74 Å². The summed E-state index contributed by atoms with van der Waals surface area (Å²) in [6, 6.07) is 10.4. The van der Waals surface area contributed by atoms with E-state index >= 15 is 0 Å². The molecule has 1 aliphatic rings. The summed E-state index contributed by atoms with van der Waals surface area (Å²) in [6.07, 6.45) is 0. The highest BCUT2D eigenvalue weighted by Crippen LogP contribution is 2.46. The lowest BCUT2D eigenvalue weighted by molar-refractivity contribution is 0.186. The second-order valence-corrected chi connectivity index (χ2v) is 7.03. The van der Waals surface area contributed by atoms with E-state index in [0.29, 0.717) is 6.61 Å². The monoisotopic (exact) mass is 336 g/mol. The van der Waals surface area contributed by atoms with Gasteiger partial charge >= 0.3 is 0 Å². The van der Waals surface area contributed by atoms with Gasteiger partial charge in [0.1, 0.15) is 4.83 Å². The quantitative estimate of drug-likeness (QED) is 0.597. The second-order valence-electron chi connectivity index (χ2n) is 6.03. The number of benzene rings is 1. The first-order chi connectivity index (χ1) is 11.8. The zero-order valence-electron chi connectivity index (χ0n) is 13.5. The van der Waals surface area contributed by atoms with E-state index in [1.807, 2.05) is 13.0 Å². The number of aryl methyl sites for hydroxylation is 1. The SMILES string of the molecule is COCc1cc(C)nc2sc3c(c12)NCn1c-3nc2ccccc21. The van der Waals surface area contributed by atoms with Gasteiger partial charge in [0.25, 0.3) is 0 Å². The molecule has 120 valence electrons. The van der Waals surface area contributed by atoms with Gasteiger partial charge in [-0.15, -0.1) is 11.3 Å². The van der Waals surface area contributed by atoms with E-state index in [4.69, 9.17) is 14.7 Å². The molecular weight excluding hydrogens is 320 g/mol. The fraction of sp³-hybridized carbons (Fsp3) is 0.222. The van der Waals surface area contributed by atoms with Crippen LogP contribution in [0.3, 0.4) is 0 Å². The Balaban J connectivity index is 1.83. The molecule has 0 spiro atoms. The number of anilines is 1. The maximum atomic E-state index is 5.40. The standard InChI is InChI=1S/C18H16N4OS/c1-10-7-11(8-23-2)14-15-16(24-18(14)20-10)17-21-12-5-3-4-6-13(12)22(17)9-19-15/h3-7,19H,8-9H2,1-2H3. The average molecular weight is 336 g/mol. The van der Waals surface area contributed by atoms with Gasteiger partial charge in [-0.3, -0.25) is 0 Å². The van der Waals surface area contributed by atoms with Crippen LogP contribution in [0.5, 0.6) is 0 Å². The number of ether oxygens (including phenoxy) is 1. The third-order valence-electron chi connectivity index (χ3n) is 4.44. The molecule has 0 atom stereocenters. The summed E-state index contributed by atoms with van der Waals surface area (Å²) in [4.78, 5) is 11.8. The smallest absolute Gasteiger partial charge is 0.154 e. The molecule has 0 saturated carbocycles. The van der Waals surface area contributed by atoms with Gasteiger partial charge < -0.3 is 14.6 Å². The number of thiophene rings is 1. The number of aromatic nitrogens is 3. The largest absolute Gasteiger partial charge is 0.380 e. The van der Waals surface area contributed by atoms with Crippen LogP contribution in [0.15, 0.2) is 30.3 Å². The van der Waals surface area contributed by atoms with E-state index in [1.165, 1.54) is 10.9 Å². The number of rotatable bonds is 2. The Hall–Kier alpha value is -2.44. The number of fused-ring (bicyclic) bond motifs is 7. The Labute approximate surface area is 142 Å². The molecule has 0 saturated heterocycles. The Morgan fingerprint density at radius 2 is 2.17 bits per heavy atom. The maximum absolute atomic E-state index is 5.40. The molecule has 5 nitrogen and oxygen atoms in total. The maximum Gasteiger partial charge on any atom is 0.154 e. The predicted molar refractivity (Wildman–Crippen MR) is 97.4 cm³/mol. The Kier molecular flexibility index (Phi) is 2.92. The van der Waals surface area contributed by atoms with Crippen LogP contribution in [0.4, 0.5) is 5.69 Å². The Bertz CT molecular complexity index is 1100. The predicted octanol–water partition coefficient (Wildman–Crippen LogP) is 4.15. The van der Waals surface area contributed by atoms with Gasteiger partial charge in [0, 0.05) is 18.2 Å². The van der Waals surface area contributed by atoms with Crippen LogP contribution >= 0.6 is 11.3 Å². The molecule has 6 heteroatoms. The minimum absolute atomic E-state index is 0.584. The number of pyridine rings is 1. The summed E-state index contributed by atoms with van der Waals surface area (Å²) in [5.74, 6) is 1.02. The molecule has 24 heavy (non-hydrogen) atoms. The van der Waals surface area contributed by atoms with Gasteiger partial charge in [-0.2, -0.15) is 0 Å². The molecule has 0 radical (unpaired) electrons. The number of hydrogen-bond acceptors (Lipinski definition) is 5. The van der Waals surface area contributed by atoms with Crippen LogP contribution in [0.1, 0.15) is 11.3 Å². The first-order valence-corrected chi connectivity index (χ1v) is 8.69. The summed E-state index contributed by atoms with van der Waals surface area (Å²) in [5, 5.41) is 4.74. The number of nitrogens with one attached hydrogen (secondary N) is 1. The van der Waals surface area contributed by atoms with E-state index in [9.17, 15) is 0 Å². The van der Waals surface area contributed by atoms with Crippen molar-refractivity contribution in [2.75, 3.05) is 12.4 Å². The van der Waals surface area contributed by atoms with E-state index in [1.54, 1.807) is 18.4 Å². The van der Waals surface area contributed by atoms with Gasteiger partial charge in [-0.25, -0.2) is 9.97 Å². The Morgan fingerprint density at radius 3 is 3.04 bits per heavy atom. The third-order valence-corrected chi connectivity index (χ3v) is 5.52. The van der Waals surface area contributed by atoms with Gasteiger partial charge in [-0.1, -0.05) is 12.1 Å². The average Bonchev–Trinajstić information content (AvgIpc) is 3.12. The summed E-state index contributed by atoms with van der Waals surface area (Å²) in [6.45, 7) is 3.33. The zero-order valence-corrected chi connectivity index (χ0v) is 14.3. The lowest BCUT2D eigenvalue weighted by Gasteiger charge is -2.18. The van der Waals surface area contributed by atoms with Crippen molar-refractivity contribution in [3.63, 3.8) is 0 Å². The normalized spacial score (nSPS) is 13.1. The van der Waals surface area contributed by atoms with Gasteiger partial charge in [0.05, 0.1) is 34.9 Å². The highest BCUT2D eigenvalue weighted by molar-refractivity contribution is 7.22. The van der Waals surface area contributed by atoms with Crippen molar-refractivity contribution in [2.45, 2.75) is 20.2 Å². The van der Waals surface area contributed by atoms with Crippen molar-refractivity contribution >= 4 is 38.3 Å². The second kappa shape index (κ2) is 5.03. The van der Waals surface area contributed by atoms with E-state index in [2.05, 4.69) is 34.1 Å². The first kappa shape index (κ1) is 13.9. The van der Waals surface area contributed by atoms with Gasteiger partial charge in [-0.05, 0) is 30.7 Å². The molecule has 3 aromatic heterocycles. The topological polar surface area (TPSA) is 52.0 Å². The van der Waals surface area contributed by atoms with Crippen molar-refractivity contribution in [1.29, 1.82) is 0 Å². The summed E-state index contributed by atoms with van der Waals surface area (Å²) in [5.41, 5.74) is 5.51. The molecule has 0 aliphatic carbocycles. The minimum atomic E-state index is 0.584. The van der Waals surface area contributed by atoms with E-state index in [0.717, 1.165) is 44.6 Å². The number of methoxy groups -OCH3 is 1. The number of nitrogens with zero attached hydrogens (tertiary/aromatic N) is 3. The number of hydrogen-bond donors (Lipinski definition) is 1. The molecule has 0 fully saturated rings. The van der Waals surface area contributed by atoms with Crippen LogP contribution < -0.4 is 5.32 Å². The van der Waals surface area contributed by atoms with Crippen molar-refractivity contribution in [3.05, 3.63) is 41.6 Å². The molecule has 1 aliphatic heterocycles. The van der Waals surface area contributed by atoms with E-state index < -0.39 is 0 Å². The Morgan fingerprint density at radius 1 is 1.29 bits per heavy atom. The minimum Gasteiger partial charge on any atom is -0.380 e. The molecule has 4 aromatic rings. The molecular formula is C18H16N4OS. The van der Waals surface area contributed by atoms with Crippen molar-refractivity contribution in [1.82, 2.24) is 14.5 Å². The van der Waals surface area contributed by atoms with Crippen LogP contribution in [-0.2, 0) is 18.0 Å². The molecule has 4 heterocycles. The molecule has 1 N–H and O–H groups in total. The molecule has 0 amide bonds. The van der Waals surface area contributed by atoms with Crippen LogP contribution in [0, 0.1) is 6.92 Å². The van der Waals surface area contributed by atoms with Crippen molar-refractivity contribution in [2.24, 2.45) is 0 Å². The number of para-hydroxylation sites is 2. The molecule has 1 aromatic carbocycles. The number of imidazole rings is 1. The summed E-state index contributed by atoms with van der Waals surface area (Å²) < 4.78 is 7.63. The molecule has 0 bridgehead atoms. The van der Waals surface area contributed by atoms with Crippen LogP contribution in [0.2, 0.25) is 0 Å². The summed E-state index contributed by atoms with van der Waals surface area (Å²) in [7, 11) is 1.73. The third kappa shape index (κ3) is 1.84.